The third-order valence-corrected chi connectivity index (χ3v) is 8.95. The van der Waals surface area contributed by atoms with Crippen LogP contribution in [-0.4, -0.2) is 63.8 Å². The van der Waals surface area contributed by atoms with Gasteiger partial charge in [0, 0.05) is 31.2 Å². The van der Waals surface area contributed by atoms with Gasteiger partial charge in [-0.1, -0.05) is 36.6 Å². The Morgan fingerprint density at radius 1 is 0.946 bits per heavy atom. The Morgan fingerprint density at radius 2 is 1.51 bits per heavy atom. The number of likely N-dealkylation sites (tertiary alicyclic amines) is 2. The molecule has 0 radical (unpaired) electrons. The van der Waals surface area contributed by atoms with E-state index in [0.717, 1.165) is 70.0 Å². The fourth-order valence-corrected chi connectivity index (χ4v) is 6.71. The van der Waals surface area contributed by atoms with E-state index in [2.05, 4.69) is 20.2 Å². The van der Waals surface area contributed by atoms with Crippen molar-refractivity contribution in [1.29, 1.82) is 0 Å². The standard InChI is InChI=1S/C27H35ClN6O3/c28-21-5-3-20(4-6-21)27(11-1-2-12-27)25(36)33-13-7-18(8-14-33)19-9-15-34(16-10-19)26(37)32-24-22(23(29)35)30-17-31-24/h3-6,17-19H,1-2,7-16H2,(H2,29,35)(H,30,31)(H,32,37). The molecule has 0 bridgehead atoms. The summed E-state index contributed by atoms with van der Waals surface area (Å²) in [5, 5.41) is 3.39. The van der Waals surface area contributed by atoms with Crippen LogP contribution < -0.4 is 11.1 Å². The quantitative estimate of drug-likeness (QED) is 0.541. The van der Waals surface area contributed by atoms with Gasteiger partial charge in [-0.3, -0.25) is 14.9 Å². The third kappa shape index (κ3) is 5.19. The van der Waals surface area contributed by atoms with Crippen molar-refractivity contribution in [1.82, 2.24) is 19.8 Å². The summed E-state index contributed by atoms with van der Waals surface area (Å²) in [6, 6.07) is 7.59. The monoisotopic (exact) mass is 526 g/mol. The van der Waals surface area contributed by atoms with Crippen molar-refractivity contribution in [2.24, 2.45) is 17.6 Å². The van der Waals surface area contributed by atoms with Gasteiger partial charge in [0.1, 0.15) is 5.69 Å². The van der Waals surface area contributed by atoms with Gasteiger partial charge in [0.15, 0.2) is 5.82 Å². The number of benzene rings is 1. The molecule has 3 fully saturated rings. The number of nitrogens with one attached hydrogen (secondary N) is 2. The first-order chi connectivity index (χ1) is 17.9. The molecule has 5 rings (SSSR count). The maximum absolute atomic E-state index is 13.8. The lowest BCUT2D eigenvalue weighted by molar-refractivity contribution is -0.139. The largest absolute Gasteiger partial charge is 0.364 e. The Balaban J connectivity index is 1.13. The van der Waals surface area contributed by atoms with E-state index in [-0.39, 0.29) is 23.5 Å². The topological polar surface area (TPSA) is 124 Å². The number of amides is 4. The average molecular weight is 527 g/mol. The van der Waals surface area contributed by atoms with Crippen LogP contribution in [0.4, 0.5) is 10.6 Å². The summed E-state index contributed by atoms with van der Waals surface area (Å²) in [6.45, 7) is 2.92. The van der Waals surface area contributed by atoms with Crippen LogP contribution in [-0.2, 0) is 10.2 Å². The molecule has 0 atom stereocenters. The van der Waals surface area contributed by atoms with Crippen LogP contribution in [0.5, 0.6) is 0 Å². The summed E-state index contributed by atoms with van der Waals surface area (Å²) < 4.78 is 0. The van der Waals surface area contributed by atoms with Crippen LogP contribution in [0.15, 0.2) is 30.6 Å². The zero-order valence-corrected chi connectivity index (χ0v) is 21.8. The molecule has 3 heterocycles. The molecule has 3 aliphatic rings. The van der Waals surface area contributed by atoms with Gasteiger partial charge in [0.2, 0.25) is 5.91 Å². The zero-order valence-electron chi connectivity index (χ0n) is 21.0. The summed E-state index contributed by atoms with van der Waals surface area (Å²) in [4.78, 5) is 48.5. The predicted octanol–water partition coefficient (Wildman–Crippen LogP) is 4.16. The molecule has 10 heteroatoms. The van der Waals surface area contributed by atoms with E-state index in [4.69, 9.17) is 17.3 Å². The van der Waals surface area contributed by atoms with Gasteiger partial charge in [0.05, 0.1) is 11.7 Å². The minimum absolute atomic E-state index is 0.0972. The minimum Gasteiger partial charge on any atom is -0.364 e. The lowest BCUT2D eigenvalue weighted by Crippen LogP contribution is -2.50. The lowest BCUT2D eigenvalue weighted by Gasteiger charge is -2.42. The minimum atomic E-state index is -0.664. The van der Waals surface area contributed by atoms with Crippen LogP contribution in [0.25, 0.3) is 0 Å². The molecule has 2 aliphatic heterocycles. The molecule has 2 aromatic rings. The van der Waals surface area contributed by atoms with E-state index in [1.54, 1.807) is 4.90 Å². The highest BCUT2D eigenvalue weighted by Crippen LogP contribution is 2.44. The van der Waals surface area contributed by atoms with Crippen molar-refractivity contribution in [3.8, 4) is 0 Å². The maximum Gasteiger partial charge on any atom is 0.323 e. The molecule has 4 N–H and O–H groups in total. The number of nitrogens with zero attached hydrogens (tertiary/aromatic N) is 3. The van der Waals surface area contributed by atoms with Crippen molar-refractivity contribution in [3.63, 3.8) is 0 Å². The fourth-order valence-electron chi connectivity index (χ4n) is 6.58. The molecule has 9 nitrogen and oxygen atoms in total. The molecule has 0 unspecified atom stereocenters. The van der Waals surface area contributed by atoms with E-state index in [9.17, 15) is 14.4 Å². The maximum atomic E-state index is 13.8. The number of halogens is 1. The second-order valence-corrected chi connectivity index (χ2v) is 11.1. The Kier molecular flexibility index (Phi) is 7.42. The molecule has 1 aromatic carbocycles. The number of H-pyrrole nitrogens is 1. The van der Waals surface area contributed by atoms with Gasteiger partial charge >= 0.3 is 6.03 Å². The first-order valence-corrected chi connectivity index (χ1v) is 13.7. The van der Waals surface area contributed by atoms with Crippen molar-refractivity contribution in [3.05, 3.63) is 46.9 Å². The van der Waals surface area contributed by atoms with E-state index in [1.165, 1.54) is 6.33 Å². The summed E-state index contributed by atoms with van der Waals surface area (Å²) in [7, 11) is 0. The number of nitrogens with two attached hydrogens (primary N) is 1. The highest BCUT2D eigenvalue weighted by Gasteiger charge is 2.45. The van der Waals surface area contributed by atoms with Gasteiger partial charge in [0.25, 0.3) is 5.91 Å². The summed E-state index contributed by atoms with van der Waals surface area (Å²) in [6.07, 6.45) is 9.21. The number of carbonyl (C=O) groups excluding carboxylic acids is 3. The second kappa shape index (κ2) is 10.7. The summed E-state index contributed by atoms with van der Waals surface area (Å²) in [5.74, 6) is 0.895. The van der Waals surface area contributed by atoms with Gasteiger partial charge < -0.3 is 20.5 Å². The first kappa shape index (κ1) is 25.6. The number of hydrogen-bond donors (Lipinski definition) is 3. The molecule has 37 heavy (non-hydrogen) atoms. The van der Waals surface area contributed by atoms with Crippen molar-refractivity contribution < 1.29 is 14.4 Å². The number of hydrogen-bond acceptors (Lipinski definition) is 4. The van der Waals surface area contributed by atoms with Crippen molar-refractivity contribution in [2.75, 3.05) is 31.5 Å². The zero-order chi connectivity index (χ0) is 26.0. The Labute approximate surface area is 222 Å². The lowest BCUT2D eigenvalue weighted by atomic mass is 9.75. The Bertz CT molecular complexity index is 1130. The Morgan fingerprint density at radius 3 is 2.08 bits per heavy atom. The third-order valence-electron chi connectivity index (χ3n) is 8.69. The Hall–Kier alpha value is -3.07. The fraction of sp³-hybridized carbons (Fsp3) is 0.556. The summed E-state index contributed by atoms with van der Waals surface area (Å²) >= 11 is 6.12. The molecule has 198 valence electrons. The van der Waals surface area contributed by atoms with Gasteiger partial charge in [-0.2, -0.15) is 0 Å². The molecule has 0 spiro atoms. The van der Waals surface area contributed by atoms with Crippen molar-refractivity contribution >= 4 is 35.3 Å². The van der Waals surface area contributed by atoms with Crippen LogP contribution in [0.2, 0.25) is 5.02 Å². The van der Waals surface area contributed by atoms with Gasteiger partial charge in [-0.05, 0) is 68.1 Å². The number of aromatic amines is 1. The number of anilines is 1. The van der Waals surface area contributed by atoms with Crippen LogP contribution >= 0.6 is 11.6 Å². The van der Waals surface area contributed by atoms with E-state index >= 15 is 0 Å². The van der Waals surface area contributed by atoms with Crippen LogP contribution in [0.3, 0.4) is 0 Å². The van der Waals surface area contributed by atoms with Gasteiger partial charge in [-0.25, -0.2) is 9.78 Å². The normalized spacial score (nSPS) is 20.7. The molecular weight excluding hydrogens is 492 g/mol. The SMILES string of the molecule is NC(=O)c1[nH]cnc1NC(=O)N1CCC(C2CCN(C(=O)C3(c4ccc(Cl)cc4)CCCC3)CC2)CC1. The molecular formula is C27H35ClN6O3. The number of urea groups is 1. The van der Waals surface area contributed by atoms with Gasteiger partial charge in [-0.15, -0.1) is 0 Å². The van der Waals surface area contributed by atoms with E-state index in [1.807, 2.05) is 24.3 Å². The molecule has 1 aliphatic carbocycles. The van der Waals surface area contributed by atoms with Crippen molar-refractivity contribution in [2.45, 2.75) is 56.8 Å². The predicted molar refractivity (Wildman–Crippen MR) is 141 cm³/mol. The number of piperidine rings is 2. The number of carbonyl (C=O) groups is 3. The van der Waals surface area contributed by atoms with Crippen LogP contribution in [0.1, 0.15) is 67.4 Å². The second-order valence-electron chi connectivity index (χ2n) is 10.7. The molecule has 4 amide bonds. The highest BCUT2D eigenvalue weighted by atomic mass is 35.5. The molecule has 1 aromatic heterocycles. The number of imidazole rings is 1. The number of rotatable bonds is 5. The van der Waals surface area contributed by atoms with E-state index in [0.29, 0.717) is 29.9 Å². The van der Waals surface area contributed by atoms with E-state index < -0.39 is 11.3 Å². The average Bonchev–Trinajstić information content (AvgIpc) is 3.60. The van der Waals surface area contributed by atoms with Crippen LogP contribution in [0, 0.1) is 11.8 Å². The highest BCUT2D eigenvalue weighted by molar-refractivity contribution is 6.30. The molecule has 1 saturated carbocycles. The first-order valence-electron chi connectivity index (χ1n) is 13.3. The number of aromatic nitrogens is 2. The smallest absolute Gasteiger partial charge is 0.323 e. The molecule has 2 saturated heterocycles. The number of primary amides is 1. The summed E-state index contributed by atoms with van der Waals surface area (Å²) in [5.41, 5.74) is 6.11.